The molecular weight excluding hydrogens is 444 g/mol. The van der Waals surface area contributed by atoms with Crippen LogP contribution in [0.4, 0.5) is 0 Å². The Morgan fingerprint density at radius 2 is 1.09 bits per heavy atom. The number of rotatable bonds is 12. The minimum Gasteiger partial charge on any atom is -0.463 e. The molecule has 12 nitrogen and oxygen atoms in total. The average molecular weight is 483 g/mol. The van der Waals surface area contributed by atoms with Crippen LogP contribution in [-0.2, 0) is 56.9 Å². The van der Waals surface area contributed by atoms with E-state index in [-0.39, 0.29) is 13.2 Å². The summed E-state index contributed by atoms with van der Waals surface area (Å²) < 4.78 is 62.8. The molecule has 2 rings (SSSR count). The van der Waals surface area contributed by atoms with E-state index in [2.05, 4.69) is 0 Å². The van der Waals surface area contributed by atoms with Crippen LogP contribution in [0.5, 0.6) is 0 Å². The van der Waals surface area contributed by atoms with Gasteiger partial charge in [-0.2, -0.15) is 0 Å². The van der Waals surface area contributed by atoms with E-state index in [4.69, 9.17) is 52.1 Å². The fraction of sp³-hybridized carbons (Fsp3) is 0.952. The fourth-order valence-electron chi connectivity index (χ4n) is 4.34. The van der Waals surface area contributed by atoms with Gasteiger partial charge in [-0.1, -0.05) is 0 Å². The number of methoxy groups -OCH3 is 7. The molecule has 0 N–H and O–H groups in total. The summed E-state index contributed by atoms with van der Waals surface area (Å²) >= 11 is 0. The number of ether oxygens (including phenoxy) is 11. The van der Waals surface area contributed by atoms with Gasteiger partial charge in [-0.25, -0.2) is 0 Å². The van der Waals surface area contributed by atoms with Crippen molar-refractivity contribution in [2.24, 2.45) is 0 Å². The smallest absolute Gasteiger partial charge is 0.302 e. The molecule has 0 aromatic heterocycles. The summed E-state index contributed by atoms with van der Waals surface area (Å²) in [5.74, 6) is -0.434. The number of carbonyl (C=O) groups excluding carboxylic acids is 1. The first-order valence-electron chi connectivity index (χ1n) is 10.7. The Morgan fingerprint density at radius 1 is 0.606 bits per heavy atom. The Bertz CT molecular complexity index is 577. The van der Waals surface area contributed by atoms with Crippen LogP contribution >= 0.6 is 0 Å². The van der Waals surface area contributed by atoms with Gasteiger partial charge in [0, 0.05) is 56.7 Å². The first kappa shape index (κ1) is 28.3. The van der Waals surface area contributed by atoms with Crippen molar-refractivity contribution in [3.05, 3.63) is 0 Å². The van der Waals surface area contributed by atoms with E-state index in [1.807, 2.05) is 0 Å². The monoisotopic (exact) mass is 482 g/mol. The standard InChI is InChI=1S/C21H38O12/c1-11(22)30-10-13-15(25-4)17(27-6)19(20(29-8)31-13)33-21-18(28-7)16(26-5)14(24-3)12(32-21)9-23-2/h12-21H,9-10H2,1-8H3/t12-,13-,14+,15-,16+,17+,18-,19-,20+,21+/m1/s1. The van der Waals surface area contributed by atoms with Crippen molar-refractivity contribution in [2.45, 2.75) is 68.3 Å². The van der Waals surface area contributed by atoms with Gasteiger partial charge in [-0.15, -0.1) is 0 Å². The second kappa shape index (κ2) is 13.8. The third-order valence-electron chi connectivity index (χ3n) is 5.85. The molecule has 0 aliphatic carbocycles. The predicted octanol–water partition coefficient (Wildman–Crippen LogP) is -0.248. The van der Waals surface area contributed by atoms with E-state index in [0.29, 0.717) is 0 Å². The van der Waals surface area contributed by atoms with E-state index in [0.717, 1.165) is 0 Å². The van der Waals surface area contributed by atoms with E-state index in [1.165, 1.54) is 35.4 Å². The van der Waals surface area contributed by atoms with Crippen LogP contribution in [0.1, 0.15) is 6.92 Å². The van der Waals surface area contributed by atoms with Gasteiger partial charge in [0.25, 0.3) is 0 Å². The molecule has 12 heteroatoms. The predicted molar refractivity (Wildman–Crippen MR) is 112 cm³/mol. The maximum Gasteiger partial charge on any atom is 0.302 e. The molecule has 0 unspecified atom stereocenters. The van der Waals surface area contributed by atoms with E-state index in [1.54, 1.807) is 21.3 Å². The maximum absolute atomic E-state index is 11.3. The van der Waals surface area contributed by atoms with Crippen molar-refractivity contribution in [1.29, 1.82) is 0 Å². The molecule has 33 heavy (non-hydrogen) atoms. The summed E-state index contributed by atoms with van der Waals surface area (Å²) in [6, 6.07) is 0. The fourth-order valence-corrected chi connectivity index (χ4v) is 4.34. The van der Waals surface area contributed by atoms with Gasteiger partial charge in [-0.3, -0.25) is 4.79 Å². The molecule has 10 atom stereocenters. The van der Waals surface area contributed by atoms with Crippen LogP contribution in [0.15, 0.2) is 0 Å². The van der Waals surface area contributed by atoms with E-state index < -0.39 is 67.4 Å². The average Bonchev–Trinajstić information content (AvgIpc) is 2.81. The lowest BCUT2D eigenvalue weighted by atomic mass is 9.96. The molecule has 0 amide bonds. The Labute approximate surface area is 194 Å². The topological polar surface area (TPSA) is 119 Å². The highest BCUT2D eigenvalue weighted by atomic mass is 16.8. The zero-order valence-corrected chi connectivity index (χ0v) is 20.6. The third-order valence-corrected chi connectivity index (χ3v) is 5.85. The number of esters is 1. The molecule has 2 aliphatic rings. The van der Waals surface area contributed by atoms with Crippen molar-refractivity contribution in [3.8, 4) is 0 Å². The van der Waals surface area contributed by atoms with Gasteiger partial charge in [0.15, 0.2) is 12.6 Å². The number of hydrogen-bond acceptors (Lipinski definition) is 12. The van der Waals surface area contributed by atoms with Gasteiger partial charge in [0.1, 0.15) is 55.4 Å². The molecule has 0 bridgehead atoms. The van der Waals surface area contributed by atoms with Crippen molar-refractivity contribution in [3.63, 3.8) is 0 Å². The quantitative estimate of drug-likeness (QED) is 0.341. The van der Waals surface area contributed by atoms with Crippen molar-refractivity contribution < 1.29 is 56.9 Å². The summed E-state index contributed by atoms with van der Waals surface area (Å²) in [5, 5.41) is 0. The highest BCUT2D eigenvalue weighted by Crippen LogP contribution is 2.33. The lowest BCUT2D eigenvalue weighted by Crippen LogP contribution is -2.66. The Kier molecular flexibility index (Phi) is 11.9. The molecular formula is C21H38O12. The molecule has 0 aromatic rings. The second-order valence-electron chi connectivity index (χ2n) is 7.68. The van der Waals surface area contributed by atoms with E-state index in [9.17, 15) is 4.79 Å². The van der Waals surface area contributed by atoms with Crippen molar-refractivity contribution in [2.75, 3.05) is 63.0 Å². The SMILES string of the molecule is COC[C@H]1O[C@@H](O[C@H]2[C@@H](OC)O[C@H](COC(C)=O)[C@@H](OC)[C@@H]2OC)[C@H](OC)[C@@H](OC)[C@H]1OC. The highest BCUT2D eigenvalue weighted by Gasteiger charge is 2.53. The summed E-state index contributed by atoms with van der Waals surface area (Å²) in [6.07, 6.45) is -6.49. The van der Waals surface area contributed by atoms with Gasteiger partial charge >= 0.3 is 5.97 Å². The highest BCUT2D eigenvalue weighted by molar-refractivity contribution is 5.65. The molecule has 2 saturated heterocycles. The lowest BCUT2D eigenvalue weighted by molar-refractivity contribution is -0.371. The minimum absolute atomic E-state index is 0.0297. The van der Waals surface area contributed by atoms with Crippen molar-refractivity contribution in [1.82, 2.24) is 0 Å². The molecule has 0 radical (unpaired) electrons. The van der Waals surface area contributed by atoms with Crippen LogP contribution < -0.4 is 0 Å². The van der Waals surface area contributed by atoms with Crippen LogP contribution in [0.2, 0.25) is 0 Å². The van der Waals surface area contributed by atoms with Crippen molar-refractivity contribution >= 4 is 5.97 Å². The first-order valence-corrected chi connectivity index (χ1v) is 10.7. The van der Waals surface area contributed by atoms with Gasteiger partial charge < -0.3 is 52.1 Å². The summed E-state index contributed by atoms with van der Waals surface area (Å²) in [5.41, 5.74) is 0. The Balaban J connectivity index is 2.29. The zero-order valence-electron chi connectivity index (χ0n) is 20.6. The maximum atomic E-state index is 11.3. The molecule has 0 spiro atoms. The van der Waals surface area contributed by atoms with Gasteiger partial charge in [0.2, 0.25) is 0 Å². The normalized spacial score (nSPS) is 39.4. The lowest BCUT2D eigenvalue weighted by Gasteiger charge is -2.49. The zero-order chi connectivity index (χ0) is 24.5. The Morgan fingerprint density at radius 3 is 1.55 bits per heavy atom. The number of carbonyl (C=O) groups is 1. The molecule has 2 fully saturated rings. The van der Waals surface area contributed by atoms with Gasteiger partial charge in [0.05, 0.1) is 6.61 Å². The largest absolute Gasteiger partial charge is 0.463 e. The summed E-state index contributed by atoms with van der Waals surface area (Å²) in [7, 11) is 10.8. The second-order valence-corrected chi connectivity index (χ2v) is 7.68. The van der Waals surface area contributed by atoms with Crippen LogP contribution in [0.3, 0.4) is 0 Å². The minimum atomic E-state index is -0.891. The molecule has 0 saturated carbocycles. The molecule has 2 aliphatic heterocycles. The van der Waals surface area contributed by atoms with Crippen LogP contribution in [0, 0.1) is 0 Å². The Hall–Kier alpha value is -0.930. The van der Waals surface area contributed by atoms with Gasteiger partial charge in [-0.05, 0) is 0 Å². The third kappa shape index (κ3) is 6.60. The number of hydrogen-bond donors (Lipinski definition) is 0. The molecule has 194 valence electrons. The molecule has 2 heterocycles. The summed E-state index contributed by atoms with van der Waals surface area (Å²) in [6.45, 7) is 1.54. The van der Waals surface area contributed by atoms with Crippen LogP contribution in [0.25, 0.3) is 0 Å². The van der Waals surface area contributed by atoms with Crippen LogP contribution in [-0.4, -0.2) is 130 Å². The first-order chi connectivity index (χ1) is 15.9. The molecule has 0 aromatic carbocycles. The summed E-state index contributed by atoms with van der Waals surface area (Å²) in [4.78, 5) is 11.3. The van der Waals surface area contributed by atoms with E-state index >= 15 is 0 Å².